The summed E-state index contributed by atoms with van der Waals surface area (Å²) in [6, 6.07) is 20.1. The molecule has 0 bridgehead atoms. The number of nitrogens with one attached hydrogen (secondary N) is 3. The van der Waals surface area contributed by atoms with Crippen LogP contribution in [0.4, 0.5) is 0 Å². The van der Waals surface area contributed by atoms with E-state index in [1.54, 1.807) is 0 Å². The van der Waals surface area contributed by atoms with Crippen molar-refractivity contribution in [3.63, 3.8) is 0 Å². The number of ether oxygens (including phenoxy) is 2. The van der Waals surface area contributed by atoms with E-state index in [-0.39, 0.29) is 36.2 Å². The van der Waals surface area contributed by atoms with Crippen LogP contribution in [0.15, 0.2) is 72.8 Å². The van der Waals surface area contributed by atoms with Gasteiger partial charge in [-0.05, 0) is 17.5 Å². The summed E-state index contributed by atoms with van der Waals surface area (Å²) in [7, 11) is 0. The zero-order valence-electron chi connectivity index (χ0n) is 19.2. The number of fused-ring (bicyclic) bond motifs is 1. The number of hydrogen-bond donors (Lipinski definition) is 4. The summed E-state index contributed by atoms with van der Waals surface area (Å²) < 4.78 is 12.6. The van der Waals surface area contributed by atoms with Crippen LogP contribution >= 0.6 is 0 Å². The predicted octanol–water partition coefficient (Wildman–Crippen LogP) is 1.25. The number of carbonyl (C=O) groups excluding carboxylic acids is 1. The standard InChI is InChI=1S/C26H33N5O3/c1-17-20(15-33-13-18-8-4-2-5-9-18)22(34-14-19-10-6-3-7-11-19)12-21(17)31-16-28-23-24(31)29-26(27)30-25(23)32/h2-11,20-24,26,28-29H,1,12-16,27H2,(H,30,32)/t20-,21-,22-,23?,24?,26?/m0/s1. The molecule has 3 fully saturated rings. The van der Waals surface area contributed by atoms with Gasteiger partial charge in [0, 0.05) is 12.0 Å². The molecule has 34 heavy (non-hydrogen) atoms. The molecule has 2 aromatic carbocycles. The minimum atomic E-state index is -0.569. The number of hydrogen-bond acceptors (Lipinski definition) is 7. The fraction of sp³-hybridized carbons (Fsp3) is 0.423. The number of rotatable bonds is 8. The zero-order chi connectivity index (χ0) is 23.5. The topological polar surface area (TPSA) is 101 Å². The molecular formula is C26H33N5O3. The Balaban J connectivity index is 1.29. The van der Waals surface area contributed by atoms with Crippen LogP contribution in [-0.4, -0.2) is 54.7 Å². The Morgan fingerprint density at radius 3 is 2.41 bits per heavy atom. The van der Waals surface area contributed by atoms with Gasteiger partial charge in [0.15, 0.2) is 0 Å². The van der Waals surface area contributed by atoms with Crippen LogP contribution in [0, 0.1) is 5.92 Å². The highest BCUT2D eigenvalue weighted by Gasteiger charge is 2.50. The van der Waals surface area contributed by atoms with E-state index in [4.69, 9.17) is 15.2 Å². The molecule has 2 aliphatic heterocycles. The van der Waals surface area contributed by atoms with Crippen molar-refractivity contribution in [3.8, 4) is 0 Å². The fourth-order valence-electron chi connectivity index (χ4n) is 5.23. The summed E-state index contributed by atoms with van der Waals surface area (Å²) in [4.78, 5) is 14.7. The molecule has 2 saturated heterocycles. The monoisotopic (exact) mass is 463 g/mol. The summed E-state index contributed by atoms with van der Waals surface area (Å²) in [5, 5.41) is 9.36. The molecule has 0 radical (unpaired) electrons. The van der Waals surface area contributed by atoms with Crippen molar-refractivity contribution in [2.24, 2.45) is 11.7 Å². The smallest absolute Gasteiger partial charge is 0.242 e. The number of benzene rings is 2. The summed E-state index contributed by atoms with van der Waals surface area (Å²) in [5.41, 5.74) is 9.36. The number of carbonyl (C=O) groups is 1. The first-order chi connectivity index (χ1) is 16.6. The van der Waals surface area contributed by atoms with Crippen molar-refractivity contribution in [1.82, 2.24) is 20.9 Å². The van der Waals surface area contributed by atoms with E-state index in [2.05, 4.69) is 51.7 Å². The number of nitrogens with two attached hydrogens (primary N) is 1. The van der Waals surface area contributed by atoms with Gasteiger partial charge >= 0.3 is 0 Å². The van der Waals surface area contributed by atoms with Crippen molar-refractivity contribution < 1.29 is 14.3 Å². The van der Waals surface area contributed by atoms with E-state index in [9.17, 15) is 4.79 Å². The average Bonchev–Trinajstić information content (AvgIpc) is 3.40. The Morgan fingerprint density at radius 2 is 1.71 bits per heavy atom. The van der Waals surface area contributed by atoms with Gasteiger partial charge in [-0.15, -0.1) is 0 Å². The summed E-state index contributed by atoms with van der Waals surface area (Å²) in [6.07, 6.45) is -0.00194. The molecule has 3 aliphatic rings. The molecule has 5 rings (SSSR count). The Kier molecular flexibility index (Phi) is 7.05. The van der Waals surface area contributed by atoms with Crippen LogP contribution in [0.3, 0.4) is 0 Å². The Hall–Kier alpha value is -2.59. The highest BCUT2D eigenvalue weighted by molar-refractivity contribution is 5.84. The van der Waals surface area contributed by atoms with Gasteiger partial charge in [0.2, 0.25) is 5.91 Å². The van der Waals surface area contributed by atoms with Crippen molar-refractivity contribution in [1.29, 1.82) is 0 Å². The Bertz CT molecular complexity index is 988. The second-order valence-electron chi connectivity index (χ2n) is 9.22. The molecule has 5 N–H and O–H groups in total. The SMILES string of the molecule is C=C1[C@H](COCc2ccccc2)[C@@H](OCc2ccccc2)C[C@@H]1N1CNC2C(=O)NC(N)NC21. The minimum absolute atomic E-state index is 0.0291. The lowest BCUT2D eigenvalue weighted by atomic mass is 10.0. The normalized spacial score (nSPS) is 31.4. The van der Waals surface area contributed by atoms with Gasteiger partial charge in [0.1, 0.15) is 12.3 Å². The van der Waals surface area contributed by atoms with E-state index in [1.165, 1.54) is 0 Å². The highest BCUT2D eigenvalue weighted by Crippen LogP contribution is 2.38. The van der Waals surface area contributed by atoms with Gasteiger partial charge in [-0.3, -0.25) is 26.1 Å². The zero-order valence-corrected chi connectivity index (χ0v) is 19.2. The van der Waals surface area contributed by atoms with Crippen LogP contribution in [-0.2, 0) is 27.5 Å². The van der Waals surface area contributed by atoms with Crippen LogP contribution in [0.25, 0.3) is 0 Å². The lowest BCUT2D eigenvalue weighted by Gasteiger charge is -2.38. The molecule has 1 aliphatic carbocycles. The van der Waals surface area contributed by atoms with E-state index in [1.807, 2.05) is 36.4 Å². The van der Waals surface area contributed by atoms with E-state index in [0.717, 1.165) is 23.1 Å². The van der Waals surface area contributed by atoms with Crippen molar-refractivity contribution >= 4 is 5.91 Å². The van der Waals surface area contributed by atoms with Crippen molar-refractivity contribution in [3.05, 3.63) is 83.9 Å². The minimum Gasteiger partial charge on any atom is -0.376 e. The van der Waals surface area contributed by atoms with E-state index < -0.39 is 6.29 Å². The van der Waals surface area contributed by atoms with Gasteiger partial charge in [0.05, 0.1) is 38.8 Å². The largest absolute Gasteiger partial charge is 0.376 e. The van der Waals surface area contributed by atoms with Gasteiger partial charge in [-0.2, -0.15) is 0 Å². The number of amides is 1. The first-order valence-electron chi connectivity index (χ1n) is 11.9. The first kappa shape index (κ1) is 23.2. The first-order valence-corrected chi connectivity index (χ1v) is 11.9. The summed E-state index contributed by atoms with van der Waals surface area (Å²) in [6.45, 7) is 6.68. The van der Waals surface area contributed by atoms with Crippen LogP contribution in [0.1, 0.15) is 17.5 Å². The van der Waals surface area contributed by atoms with E-state index >= 15 is 0 Å². The quantitative estimate of drug-likeness (QED) is 0.437. The predicted molar refractivity (Wildman–Crippen MR) is 129 cm³/mol. The van der Waals surface area contributed by atoms with Crippen molar-refractivity contribution in [2.75, 3.05) is 13.3 Å². The molecule has 0 spiro atoms. The van der Waals surface area contributed by atoms with Gasteiger partial charge in [-0.1, -0.05) is 72.8 Å². The molecular weight excluding hydrogens is 430 g/mol. The Labute approximate surface area is 200 Å². The third kappa shape index (κ3) is 4.93. The molecule has 180 valence electrons. The molecule has 2 heterocycles. The average molecular weight is 464 g/mol. The fourth-order valence-corrected chi connectivity index (χ4v) is 5.23. The Morgan fingerprint density at radius 1 is 1.03 bits per heavy atom. The summed E-state index contributed by atoms with van der Waals surface area (Å²) in [5.74, 6) is -0.0236. The van der Waals surface area contributed by atoms with Crippen LogP contribution in [0.2, 0.25) is 0 Å². The molecule has 1 saturated carbocycles. The highest BCUT2D eigenvalue weighted by atomic mass is 16.5. The number of nitrogens with zero attached hydrogens (tertiary/aromatic N) is 1. The maximum absolute atomic E-state index is 12.4. The summed E-state index contributed by atoms with van der Waals surface area (Å²) >= 11 is 0. The van der Waals surface area contributed by atoms with Gasteiger partial charge in [0.25, 0.3) is 0 Å². The molecule has 8 heteroatoms. The maximum Gasteiger partial charge on any atom is 0.242 e. The van der Waals surface area contributed by atoms with Crippen LogP contribution in [0.5, 0.6) is 0 Å². The van der Waals surface area contributed by atoms with Crippen LogP contribution < -0.4 is 21.7 Å². The molecule has 3 unspecified atom stereocenters. The molecule has 6 atom stereocenters. The molecule has 1 amide bonds. The second-order valence-corrected chi connectivity index (χ2v) is 9.22. The lowest BCUT2D eigenvalue weighted by molar-refractivity contribution is -0.127. The lowest BCUT2D eigenvalue weighted by Crippen LogP contribution is -2.70. The molecule has 0 aromatic heterocycles. The van der Waals surface area contributed by atoms with Gasteiger partial charge in [-0.25, -0.2) is 0 Å². The molecule has 2 aromatic rings. The third-order valence-electron chi connectivity index (χ3n) is 7.02. The second kappa shape index (κ2) is 10.4. The third-order valence-corrected chi connectivity index (χ3v) is 7.02. The molecule has 8 nitrogen and oxygen atoms in total. The maximum atomic E-state index is 12.4. The van der Waals surface area contributed by atoms with Gasteiger partial charge < -0.3 is 14.8 Å². The van der Waals surface area contributed by atoms with E-state index in [0.29, 0.717) is 26.5 Å². The van der Waals surface area contributed by atoms with Crippen molar-refractivity contribution in [2.45, 2.75) is 50.3 Å².